The maximum absolute atomic E-state index is 6.14. The van der Waals surface area contributed by atoms with E-state index >= 15 is 0 Å². The fourth-order valence-corrected chi connectivity index (χ4v) is 8.45. The van der Waals surface area contributed by atoms with Crippen LogP contribution >= 0.6 is 0 Å². The minimum atomic E-state index is -1.47. The van der Waals surface area contributed by atoms with Gasteiger partial charge in [0.15, 0.2) is 0 Å². The summed E-state index contributed by atoms with van der Waals surface area (Å²) in [6, 6.07) is 49.1. The third kappa shape index (κ3) is 7.95. The summed E-state index contributed by atoms with van der Waals surface area (Å²) in [6.07, 6.45) is 3.98. The smallest absolute Gasteiger partial charge is 0.124 e. The van der Waals surface area contributed by atoms with Gasteiger partial charge in [-0.05, 0) is 69.9 Å². The van der Waals surface area contributed by atoms with Crippen molar-refractivity contribution in [3.63, 3.8) is 0 Å². The molecule has 0 amide bonds. The average Bonchev–Trinajstić information content (AvgIpc) is 3.57. The first-order valence-corrected chi connectivity index (χ1v) is 21.8. The van der Waals surface area contributed by atoms with Crippen molar-refractivity contribution in [2.45, 2.75) is 59.7 Å². The van der Waals surface area contributed by atoms with Crippen molar-refractivity contribution in [3.05, 3.63) is 174 Å². The average molecular weight is 899 g/mol. The van der Waals surface area contributed by atoms with E-state index in [9.17, 15) is 0 Å². The summed E-state index contributed by atoms with van der Waals surface area (Å²) in [4.78, 5) is 9.40. The number of nitrogens with zero attached hydrogens (tertiary/aromatic N) is 2. The maximum Gasteiger partial charge on any atom is 0.124 e. The molecule has 3 nitrogen and oxygen atoms in total. The minimum absolute atomic E-state index is 0. The molecule has 0 aliphatic rings. The van der Waals surface area contributed by atoms with Crippen LogP contribution in [0.3, 0.4) is 0 Å². The molecule has 8 aromatic rings. The van der Waals surface area contributed by atoms with E-state index in [1.807, 2.05) is 18.3 Å². The molecule has 0 saturated heterocycles. The predicted octanol–water partition coefficient (Wildman–Crippen LogP) is 12.5. The molecular formula is C49H46IrN2OSi-2. The van der Waals surface area contributed by atoms with Gasteiger partial charge in [-0.25, -0.2) is 0 Å². The second-order valence-corrected chi connectivity index (χ2v) is 20.6. The van der Waals surface area contributed by atoms with Crippen LogP contribution in [0, 0.1) is 32.9 Å². The van der Waals surface area contributed by atoms with Crippen molar-refractivity contribution < 1.29 is 24.5 Å². The molecule has 3 aromatic heterocycles. The molecule has 3 heterocycles. The van der Waals surface area contributed by atoms with E-state index in [1.165, 1.54) is 44.0 Å². The van der Waals surface area contributed by atoms with E-state index in [1.54, 1.807) is 0 Å². The Labute approximate surface area is 334 Å². The molecule has 0 unspecified atom stereocenters. The van der Waals surface area contributed by atoms with E-state index in [2.05, 4.69) is 187 Å². The van der Waals surface area contributed by atoms with Crippen LogP contribution in [0.2, 0.25) is 19.6 Å². The zero-order valence-electron chi connectivity index (χ0n) is 32.3. The molecule has 0 N–H and O–H groups in total. The standard InChI is InChI=1S/C28H24NO.C21H22NSi.Ir/c1-18-10-11-19(2)27-26(18)23-16-20(12-13-25(23)30-27)24-17-22(14-15-29-24)28(3,4)21-8-6-5-7-9-21;1-16-10-12-18(13-11-16)20-14-19(17-8-6-5-7-9-17)21(15-22-20)23(2,3)4;/h5-11,13-17H,1-4H3;5-12,14-15H,1-4H3;/q2*-1;. The second-order valence-electron chi connectivity index (χ2n) is 15.6. The van der Waals surface area contributed by atoms with Crippen molar-refractivity contribution in [1.29, 1.82) is 0 Å². The first-order chi connectivity index (χ1) is 25.4. The van der Waals surface area contributed by atoms with Crippen molar-refractivity contribution in [2.24, 2.45) is 0 Å². The number of fused-ring (bicyclic) bond motifs is 3. The van der Waals surface area contributed by atoms with Crippen LogP contribution in [0.25, 0.3) is 55.6 Å². The molecule has 5 aromatic carbocycles. The number of aryl methyl sites for hydroxylation is 3. The van der Waals surface area contributed by atoms with Crippen LogP contribution in [0.15, 0.2) is 138 Å². The molecule has 0 saturated carbocycles. The molecule has 0 atom stereocenters. The molecule has 8 rings (SSSR count). The fraction of sp³-hybridized carbons (Fsp3) is 0.184. The Kier molecular flexibility index (Phi) is 11.4. The zero-order valence-corrected chi connectivity index (χ0v) is 35.7. The third-order valence-corrected chi connectivity index (χ3v) is 12.3. The van der Waals surface area contributed by atoms with Crippen LogP contribution in [0.1, 0.15) is 41.7 Å². The van der Waals surface area contributed by atoms with Gasteiger partial charge in [0.05, 0.1) is 13.7 Å². The summed E-state index contributed by atoms with van der Waals surface area (Å²) in [5.74, 6) is 0. The van der Waals surface area contributed by atoms with Gasteiger partial charge in [-0.15, -0.1) is 59.2 Å². The number of aromatic nitrogens is 2. The van der Waals surface area contributed by atoms with E-state index in [0.29, 0.717) is 0 Å². The van der Waals surface area contributed by atoms with Gasteiger partial charge >= 0.3 is 0 Å². The van der Waals surface area contributed by atoms with Gasteiger partial charge in [0.2, 0.25) is 0 Å². The predicted molar refractivity (Wildman–Crippen MR) is 225 cm³/mol. The first kappa shape index (κ1) is 38.8. The second kappa shape index (κ2) is 15.8. The van der Waals surface area contributed by atoms with Gasteiger partial charge in [0.1, 0.15) is 5.58 Å². The fourth-order valence-electron chi connectivity index (χ4n) is 6.97. The Morgan fingerprint density at radius 1 is 0.648 bits per heavy atom. The number of hydrogen-bond acceptors (Lipinski definition) is 3. The molecule has 0 spiro atoms. The number of benzene rings is 5. The number of pyridine rings is 2. The molecule has 1 radical (unpaired) electrons. The van der Waals surface area contributed by atoms with Crippen LogP contribution in [-0.4, -0.2) is 18.0 Å². The van der Waals surface area contributed by atoms with Gasteiger partial charge in [0.25, 0.3) is 0 Å². The van der Waals surface area contributed by atoms with Crippen LogP contribution in [-0.2, 0) is 25.5 Å². The quantitative estimate of drug-likeness (QED) is 0.123. The van der Waals surface area contributed by atoms with Gasteiger partial charge in [-0.1, -0.05) is 131 Å². The molecule has 5 heteroatoms. The summed E-state index contributed by atoms with van der Waals surface area (Å²) >= 11 is 0. The molecule has 273 valence electrons. The Morgan fingerprint density at radius 3 is 2.00 bits per heavy atom. The van der Waals surface area contributed by atoms with Crippen molar-refractivity contribution >= 4 is 35.2 Å². The monoisotopic (exact) mass is 899 g/mol. The van der Waals surface area contributed by atoms with Gasteiger partial charge in [-0.3, -0.25) is 0 Å². The number of hydrogen-bond donors (Lipinski definition) is 0. The Bertz CT molecular complexity index is 2530. The number of furan rings is 1. The largest absolute Gasteiger partial charge is 0.500 e. The third-order valence-electron chi connectivity index (χ3n) is 10.3. The Hall–Kier alpha value is -4.93. The van der Waals surface area contributed by atoms with Crippen molar-refractivity contribution in [1.82, 2.24) is 9.97 Å². The van der Waals surface area contributed by atoms with E-state index in [4.69, 9.17) is 9.40 Å². The minimum Gasteiger partial charge on any atom is -0.500 e. The molecule has 0 bridgehead atoms. The Balaban J connectivity index is 0.000000187. The SMILES string of the molecule is Cc1c[c-]c(-c2cc(-c3ccccc3)c([Si](C)(C)C)cn2)cc1.Cc1ccc(C)c2c1oc1c[c-]c(-c3cc(C(C)(C)c4ccccc4)ccn3)cc12.[Ir]. The summed E-state index contributed by atoms with van der Waals surface area (Å²) in [7, 11) is -1.47. The van der Waals surface area contributed by atoms with E-state index < -0.39 is 8.07 Å². The first-order valence-electron chi connectivity index (χ1n) is 18.3. The zero-order chi connectivity index (χ0) is 37.3. The summed E-state index contributed by atoms with van der Waals surface area (Å²) in [5.41, 5.74) is 14.4. The summed E-state index contributed by atoms with van der Waals surface area (Å²) in [5, 5.41) is 3.70. The van der Waals surface area contributed by atoms with Crippen LogP contribution < -0.4 is 5.19 Å². The normalized spacial score (nSPS) is 11.6. The topological polar surface area (TPSA) is 38.9 Å². The maximum atomic E-state index is 6.14. The number of rotatable bonds is 6. The molecule has 0 aliphatic carbocycles. The van der Waals surface area contributed by atoms with Gasteiger partial charge in [-0.2, -0.15) is 0 Å². The Morgan fingerprint density at radius 2 is 1.31 bits per heavy atom. The van der Waals surface area contributed by atoms with Crippen LogP contribution in [0.4, 0.5) is 0 Å². The van der Waals surface area contributed by atoms with Crippen LogP contribution in [0.5, 0.6) is 0 Å². The van der Waals surface area contributed by atoms with Crippen molar-refractivity contribution in [3.8, 4) is 33.6 Å². The molecule has 0 aliphatic heterocycles. The molecule has 54 heavy (non-hydrogen) atoms. The summed E-state index contributed by atoms with van der Waals surface area (Å²) < 4.78 is 6.14. The molecular weight excluding hydrogens is 853 g/mol. The van der Waals surface area contributed by atoms with Crippen molar-refractivity contribution in [2.75, 3.05) is 0 Å². The van der Waals surface area contributed by atoms with Gasteiger partial charge in [0, 0.05) is 43.3 Å². The van der Waals surface area contributed by atoms with E-state index in [-0.39, 0.29) is 25.5 Å². The van der Waals surface area contributed by atoms with E-state index in [0.717, 1.165) is 44.6 Å². The summed E-state index contributed by atoms with van der Waals surface area (Å²) in [6.45, 7) is 17.9. The molecule has 0 fully saturated rings. The van der Waals surface area contributed by atoms with Gasteiger partial charge < -0.3 is 14.4 Å².